The maximum absolute atomic E-state index is 11.8. The molecule has 1 fully saturated rings. The van der Waals surface area contributed by atoms with E-state index in [0.29, 0.717) is 18.2 Å². The standard InChI is InChI=1S/C9H11N3O3S2/c13-8(14)7-3-16-5-12(7)9(15)11-2-6-1-10-4-17-6/h1,4,7H,2-3,5H2,(H,11,15)(H,13,14). The number of rotatable bonds is 3. The van der Waals surface area contributed by atoms with Gasteiger partial charge in [-0.3, -0.25) is 4.98 Å². The number of thioether (sulfide) groups is 1. The third kappa shape index (κ3) is 2.89. The number of carboxylic acid groups (broad SMARTS) is 1. The molecular weight excluding hydrogens is 262 g/mol. The van der Waals surface area contributed by atoms with Crippen molar-refractivity contribution in [2.75, 3.05) is 11.6 Å². The van der Waals surface area contributed by atoms with E-state index in [1.165, 1.54) is 28.0 Å². The van der Waals surface area contributed by atoms with Gasteiger partial charge in [-0.2, -0.15) is 0 Å². The van der Waals surface area contributed by atoms with E-state index in [9.17, 15) is 9.59 Å². The Kier molecular flexibility index (Phi) is 3.85. The van der Waals surface area contributed by atoms with Gasteiger partial charge in [0.05, 0.1) is 17.9 Å². The molecule has 0 saturated carbocycles. The van der Waals surface area contributed by atoms with Crippen LogP contribution < -0.4 is 5.32 Å². The molecule has 17 heavy (non-hydrogen) atoms. The number of carbonyl (C=O) groups is 2. The zero-order valence-corrected chi connectivity index (χ0v) is 10.5. The van der Waals surface area contributed by atoms with Gasteiger partial charge in [-0.25, -0.2) is 9.59 Å². The highest BCUT2D eigenvalue weighted by molar-refractivity contribution is 7.99. The minimum atomic E-state index is -0.956. The van der Waals surface area contributed by atoms with Gasteiger partial charge in [-0.1, -0.05) is 0 Å². The Balaban J connectivity index is 1.89. The lowest BCUT2D eigenvalue weighted by molar-refractivity contribution is -0.140. The van der Waals surface area contributed by atoms with Crippen LogP contribution in [0.4, 0.5) is 4.79 Å². The lowest BCUT2D eigenvalue weighted by Crippen LogP contribution is -2.46. The molecule has 1 aromatic rings. The van der Waals surface area contributed by atoms with Crippen molar-refractivity contribution in [2.24, 2.45) is 0 Å². The summed E-state index contributed by atoms with van der Waals surface area (Å²) in [5.74, 6) is -0.0858. The summed E-state index contributed by atoms with van der Waals surface area (Å²) in [4.78, 5) is 28.9. The van der Waals surface area contributed by atoms with Crippen molar-refractivity contribution in [1.82, 2.24) is 15.2 Å². The zero-order chi connectivity index (χ0) is 12.3. The maximum Gasteiger partial charge on any atom is 0.327 e. The van der Waals surface area contributed by atoms with Gasteiger partial charge in [0.1, 0.15) is 6.04 Å². The number of aromatic nitrogens is 1. The molecule has 1 aromatic heterocycles. The molecule has 0 aliphatic carbocycles. The summed E-state index contributed by atoms with van der Waals surface area (Å²) in [5.41, 5.74) is 1.69. The number of hydrogen-bond donors (Lipinski definition) is 2. The highest BCUT2D eigenvalue weighted by Crippen LogP contribution is 2.21. The Morgan fingerprint density at radius 1 is 1.65 bits per heavy atom. The van der Waals surface area contributed by atoms with Crippen LogP contribution in [-0.2, 0) is 11.3 Å². The zero-order valence-electron chi connectivity index (χ0n) is 8.83. The highest BCUT2D eigenvalue weighted by atomic mass is 32.2. The first-order chi connectivity index (χ1) is 8.18. The monoisotopic (exact) mass is 273 g/mol. The first kappa shape index (κ1) is 12.2. The number of urea groups is 1. The van der Waals surface area contributed by atoms with E-state index < -0.39 is 12.0 Å². The number of carboxylic acids is 1. The number of amides is 2. The maximum atomic E-state index is 11.8. The second-order valence-electron chi connectivity index (χ2n) is 3.45. The van der Waals surface area contributed by atoms with E-state index in [0.717, 1.165) is 4.88 Å². The second kappa shape index (κ2) is 5.37. The Morgan fingerprint density at radius 3 is 3.12 bits per heavy atom. The molecule has 2 amide bonds. The third-order valence-electron chi connectivity index (χ3n) is 2.33. The van der Waals surface area contributed by atoms with Crippen molar-refractivity contribution in [3.05, 3.63) is 16.6 Å². The molecule has 2 N–H and O–H groups in total. The predicted molar refractivity (Wildman–Crippen MR) is 64.9 cm³/mol. The van der Waals surface area contributed by atoms with Crippen molar-refractivity contribution in [3.63, 3.8) is 0 Å². The Morgan fingerprint density at radius 2 is 2.47 bits per heavy atom. The topological polar surface area (TPSA) is 82.5 Å². The van der Waals surface area contributed by atoms with Crippen molar-refractivity contribution in [3.8, 4) is 0 Å². The fourth-order valence-electron chi connectivity index (χ4n) is 1.44. The van der Waals surface area contributed by atoms with E-state index in [1.54, 1.807) is 11.7 Å². The smallest absolute Gasteiger partial charge is 0.327 e. The van der Waals surface area contributed by atoms with Gasteiger partial charge in [0.2, 0.25) is 0 Å². The summed E-state index contributed by atoms with van der Waals surface area (Å²) < 4.78 is 0. The number of nitrogens with zero attached hydrogens (tertiary/aromatic N) is 2. The number of aliphatic carboxylic acids is 1. The van der Waals surface area contributed by atoms with E-state index >= 15 is 0 Å². The number of nitrogens with one attached hydrogen (secondary N) is 1. The van der Waals surface area contributed by atoms with Crippen molar-refractivity contribution < 1.29 is 14.7 Å². The molecule has 0 aromatic carbocycles. The van der Waals surface area contributed by atoms with Gasteiger partial charge in [0.15, 0.2) is 0 Å². The lowest BCUT2D eigenvalue weighted by Gasteiger charge is -2.20. The molecule has 8 heteroatoms. The van der Waals surface area contributed by atoms with Crippen LogP contribution in [-0.4, -0.2) is 44.7 Å². The minimum absolute atomic E-state index is 0.337. The van der Waals surface area contributed by atoms with E-state index in [2.05, 4.69) is 10.3 Å². The second-order valence-corrected chi connectivity index (χ2v) is 5.42. The number of carbonyl (C=O) groups excluding carboxylic acids is 1. The average molecular weight is 273 g/mol. The summed E-state index contributed by atoms with van der Waals surface area (Å²) in [5, 5.41) is 11.6. The molecule has 0 radical (unpaired) electrons. The number of thiazole rings is 1. The third-order valence-corrected chi connectivity index (χ3v) is 4.12. The SMILES string of the molecule is O=C(O)C1CSCN1C(=O)NCc1cncs1. The fourth-order valence-corrected chi connectivity index (χ4v) is 3.12. The molecule has 0 bridgehead atoms. The van der Waals surface area contributed by atoms with Crippen molar-refractivity contribution in [1.29, 1.82) is 0 Å². The summed E-state index contributed by atoms with van der Waals surface area (Å²) in [7, 11) is 0. The molecule has 1 saturated heterocycles. The molecule has 2 heterocycles. The van der Waals surface area contributed by atoms with Gasteiger partial charge in [0.25, 0.3) is 0 Å². The van der Waals surface area contributed by atoms with Gasteiger partial charge in [-0.05, 0) is 0 Å². The summed E-state index contributed by atoms with van der Waals surface area (Å²) in [6, 6.07) is -1.06. The Hall–Kier alpha value is -1.28. The molecule has 1 atom stereocenters. The first-order valence-electron chi connectivity index (χ1n) is 4.91. The fraction of sp³-hybridized carbons (Fsp3) is 0.444. The van der Waals surface area contributed by atoms with E-state index in [-0.39, 0.29) is 6.03 Å². The average Bonchev–Trinajstić information content (AvgIpc) is 2.96. The van der Waals surface area contributed by atoms with Crippen LogP contribution in [0.15, 0.2) is 11.7 Å². The molecule has 6 nitrogen and oxygen atoms in total. The molecule has 1 aliphatic heterocycles. The van der Waals surface area contributed by atoms with Crippen molar-refractivity contribution >= 4 is 35.1 Å². The van der Waals surface area contributed by atoms with Crippen LogP contribution in [0.5, 0.6) is 0 Å². The quantitative estimate of drug-likeness (QED) is 0.851. The molecule has 1 unspecified atom stereocenters. The lowest BCUT2D eigenvalue weighted by atomic mass is 10.3. The van der Waals surface area contributed by atoms with Gasteiger partial charge in [0, 0.05) is 16.8 Å². The van der Waals surface area contributed by atoms with Gasteiger partial charge < -0.3 is 15.3 Å². The van der Waals surface area contributed by atoms with Gasteiger partial charge >= 0.3 is 12.0 Å². The Bertz CT molecular complexity index is 410. The van der Waals surface area contributed by atoms with Crippen LogP contribution >= 0.6 is 23.1 Å². The van der Waals surface area contributed by atoms with E-state index in [4.69, 9.17) is 5.11 Å². The molecule has 1 aliphatic rings. The van der Waals surface area contributed by atoms with Crippen LogP contribution in [0.25, 0.3) is 0 Å². The Labute approximate surface area is 106 Å². The van der Waals surface area contributed by atoms with E-state index in [1.807, 2.05) is 0 Å². The minimum Gasteiger partial charge on any atom is -0.480 e. The normalized spacial score (nSPS) is 19.3. The van der Waals surface area contributed by atoms with Crippen LogP contribution in [0.1, 0.15) is 4.88 Å². The summed E-state index contributed by atoms with van der Waals surface area (Å²) >= 11 is 2.89. The summed E-state index contributed by atoms with van der Waals surface area (Å²) in [6.45, 7) is 0.386. The van der Waals surface area contributed by atoms with Crippen LogP contribution in [0, 0.1) is 0 Å². The van der Waals surface area contributed by atoms with Crippen molar-refractivity contribution in [2.45, 2.75) is 12.6 Å². The van der Waals surface area contributed by atoms with Crippen LogP contribution in [0.3, 0.4) is 0 Å². The van der Waals surface area contributed by atoms with Crippen LogP contribution in [0.2, 0.25) is 0 Å². The first-order valence-corrected chi connectivity index (χ1v) is 6.94. The largest absolute Gasteiger partial charge is 0.480 e. The predicted octanol–water partition coefficient (Wildman–Crippen LogP) is 0.812. The number of hydrogen-bond acceptors (Lipinski definition) is 5. The summed E-state index contributed by atoms with van der Waals surface area (Å²) in [6.07, 6.45) is 1.68. The molecule has 92 valence electrons. The molecule has 2 rings (SSSR count). The molecular formula is C9H11N3O3S2. The highest BCUT2D eigenvalue weighted by Gasteiger charge is 2.34. The molecule has 0 spiro atoms. The van der Waals surface area contributed by atoms with Gasteiger partial charge in [-0.15, -0.1) is 23.1 Å².